The maximum Gasteiger partial charge on any atom is 0.309 e. The summed E-state index contributed by atoms with van der Waals surface area (Å²) in [7, 11) is 1.39. The van der Waals surface area contributed by atoms with E-state index in [0.717, 1.165) is 22.3 Å². The topological polar surface area (TPSA) is 104 Å². The van der Waals surface area contributed by atoms with E-state index in [2.05, 4.69) is 4.98 Å². The fourth-order valence-electron chi connectivity index (χ4n) is 4.66. The summed E-state index contributed by atoms with van der Waals surface area (Å²) in [6.07, 6.45) is 0.557. The zero-order valence-electron chi connectivity index (χ0n) is 24.3. The smallest absolute Gasteiger partial charge is 0.309 e. The van der Waals surface area contributed by atoms with Crippen LogP contribution in [0.2, 0.25) is 0 Å². The highest BCUT2D eigenvalue weighted by Gasteiger charge is 2.32. The van der Waals surface area contributed by atoms with E-state index in [1.807, 2.05) is 71.0 Å². The second-order valence-corrected chi connectivity index (χ2v) is 9.81. The Hall–Kier alpha value is -4.07. The molecule has 0 aliphatic rings. The molecule has 8 nitrogen and oxygen atoms in total. The monoisotopic (exact) mass is 549 g/mol. The first-order chi connectivity index (χ1) is 19.1. The summed E-state index contributed by atoms with van der Waals surface area (Å²) in [4.78, 5) is 30.1. The molecule has 0 saturated heterocycles. The van der Waals surface area contributed by atoms with Crippen LogP contribution in [0.3, 0.4) is 0 Å². The largest absolute Gasteiger partial charge is 0.503 e. The molecule has 0 radical (unpaired) electrons. The van der Waals surface area contributed by atoms with Crippen LogP contribution in [0.5, 0.6) is 23.0 Å². The standard InChI is InChI=1S/C32H39NO7/c1-8-38-27-16-19(3)10-12-23(27)29(24-13-11-20(4)17-28(24)39-9-2)22(6)40-32(36)21(5)18-25(34)30-31(35)26(37-7)14-15-33-30/h10-17,21-22,29,35H,8-9,18H2,1-7H3/t21-,22+/m1/s1. The fourth-order valence-corrected chi connectivity index (χ4v) is 4.66. The highest BCUT2D eigenvalue weighted by molar-refractivity contribution is 5.99. The molecule has 1 aromatic heterocycles. The van der Waals surface area contributed by atoms with E-state index in [1.54, 1.807) is 6.92 Å². The van der Waals surface area contributed by atoms with Crippen molar-refractivity contribution in [3.05, 3.63) is 76.6 Å². The number of Topliss-reactive ketones (excluding diaryl/α,β-unsaturated/α-hetero) is 1. The molecule has 2 atom stereocenters. The second kappa shape index (κ2) is 13.8. The maximum atomic E-state index is 13.3. The molecule has 0 spiro atoms. The van der Waals surface area contributed by atoms with Crippen molar-refractivity contribution in [2.45, 2.75) is 60.0 Å². The zero-order valence-corrected chi connectivity index (χ0v) is 24.3. The highest BCUT2D eigenvalue weighted by Crippen LogP contribution is 2.41. The van der Waals surface area contributed by atoms with Crippen LogP contribution in [0, 0.1) is 19.8 Å². The van der Waals surface area contributed by atoms with Crippen molar-refractivity contribution in [3.63, 3.8) is 0 Å². The summed E-state index contributed by atoms with van der Waals surface area (Å²) in [6, 6.07) is 13.4. The summed E-state index contributed by atoms with van der Waals surface area (Å²) in [5, 5.41) is 10.3. The number of benzene rings is 2. The lowest BCUT2D eigenvalue weighted by atomic mass is 9.85. The van der Waals surface area contributed by atoms with E-state index in [-0.39, 0.29) is 23.6 Å². The molecule has 1 N–H and O–H groups in total. The first-order valence-corrected chi connectivity index (χ1v) is 13.5. The molecular weight excluding hydrogens is 510 g/mol. The predicted molar refractivity (Wildman–Crippen MR) is 153 cm³/mol. The minimum atomic E-state index is -0.781. The molecule has 1 heterocycles. The Balaban J connectivity index is 1.93. The molecule has 2 aromatic carbocycles. The molecule has 3 aromatic rings. The van der Waals surface area contributed by atoms with Crippen LogP contribution in [0.1, 0.15) is 72.8 Å². The van der Waals surface area contributed by atoms with Crippen LogP contribution in [-0.4, -0.2) is 48.3 Å². The van der Waals surface area contributed by atoms with Gasteiger partial charge in [-0.3, -0.25) is 9.59 Å². The van der Waals surface area contributed by atoms with Gasteiger partial charge in [-0.1, -0.05) is 31.2 Å². The number of nitrogens with zero attached hydrogens (tertiary/aromatic N) is 1. The van der Waals surface area contributed by atoms with E-state index in [9.17, 15) is 14.7 Å². The van der Waals surface area contributed by atoms with Crippen LogP contribution < -0.4 is 14.2 Å². The molecular formula is C32H39NO7. The van der Waals surface area contributed by atoms with E-state index in [0.29, 0.717) is 24.7 Å². The molecule has 0 fully saturated rings. The summed E-state index contributed by atoms with van der Waals surface area (Å²) >= 11 is 0. The maximum absolute atomic E-state index is 13.3. The third-order valence-corrected chi connectivity index (χ3v) is 6.64. The van der Waals surface area contributed by atoms with Crippen molar-refractivity contribution < 1.29 is 33.6 Å². The molecule has 0 unspecified atom stereocenters. The Morgan fingerprint density at radius 2 is 1.43 bits per heavy atom. The fraction of sp³-hybridized carbons (Fsp3) is 0.406. The number of hydrogen-bond acceptors (Lipinski definition) is 8. The van der Waals surface area contributed by atoms with Gasteiger partial charge < -0.3 is 24.1 Å². The van der Waals surface area contributed by atoms with Crippen molar-refractivity contribution in [1.82, 2.24) is 4.98 Å². The van der Waals surface area contributed by atoms with Crippen molar-refractivity contribution in [2.24, 2.45) is 5.92 Å². The van der Waals surface area contributed by atoms with Gasteiger partial charge in [0.15, 0.2) is 23.0 Å². The van der Waals surface area contributed by atoms with Crippen LogP contribution in [0.15, 0.2) is 48.7 Å². The second-order valence-electron chi connectivity index (χ2n) is 9.81. The molecule has 0 aliphatic heterocycles. The Kier molecular flexibility index (Phi) is 10.5. The van der Waals surface area contributed by atoms with E-state index < -0.39 is 29.7 Å². The van der Waals surface area contributed by atoms with Crippen LogP contribution in [0.4, 0.5) is 0 Å². The number of aromatic hydroxyl groups is 1. The lowest BCUT2D eigenvalue weighted by molar-refractivity contribution is -0.153. The molecule has 0 bridgehead atoms. The summed E-state index contributed by atoms with van der Waals surface area (Å²) < 4.78 is 23.1. The highest BCUT2D eigenvalue weighted by atomic mass is 16.5. The number of hydrogen-bond donors (Lipinski definition) is 1. The number of carbonyl (C=O) groups is 2. The van der Waals surface area contributed by atoms with Crippen molar-refractivity contribution in [1.29, 1.82) is 0 Å². The van der Waals surface area contributed by atoms with Gasteiger partial charge in [-0.15, -0.1) is 0 Å². The van der Waals surface area contributed by atoms with Crippen molar-refractivity contribution in [2.75, 3.05) is 20.3 Å². The van der Waals surface area contributed by atoms with Crippen molar-refractivity contribution in [3.8, 4) is 23.0 Å². The van der Waals surface area contributed by atoms with E-state index in [4.69, 9.17) is 18.9 Å². The summed E-state index contributed by atoms with van der Waals surface area (Å²) in [6.45, 7) is 12.3. The van der Waals surface area contributed by atoms with E-state index >= 15 is 0 Å². The average molecular weight is 550 g/mol. The molecule has 214 valence electrons. The molecule has 3 rings (SSSR count). The number of esters is 1. The number of aromatic nitrogens is 1. The van der Waals surface area contributed by atoms with Crippen LogP contribution >= 0.6 is 0 Å². The van der Waals surface area contributed by atoms with Gasteiger partial charge in [-0.2, -0.15) is 0 Å². The Morgan fingerprint density at radius 1 is 0.875 bits per heavy atom. The Labute approximate surface area is 236 Å². The molecule has 40 heavy (non-hydrogen) atoms. The minimum absolute atomic E-state index is 0.136. The molecule has 0 amide bonds. The van der Waals surface area contributed by atoms with Gasteiger partial charge >= 0.3 is 5.97 Å². The van der Waals surface area contributed by atoms with Gasteiger partial charge in [0.1, 0.15) is 17.6 Å². The summed E-state index contributed by atoms with van der Waals surface area (Å²) in [5.74, 6) is -1.01. The SMILES string of the molecule is CCOc1cc(C)ccc1C(c1ccc(C)cc1OCC)[C@H](C)OC(=O)[C@H](C)CC(=O)c1nccc(OC)c1O. The van der Waals surface area contributed by atoms with Gasteiger partial charge in [-0.05, 0) is 57.9 Å². The number of ether oxygens (including phenoxy) is 4. The van der Waals surface area contributed by atoms with Gasteiger partial charge in [0.25, 0.3) is 0 Å². The number of methoxy groups -OCH3 is 1. The van der Waals surface area contributed by atoms with E-state index in [1.165, 1.54) is 19.4 Å². The summed E-state index contributed by atoms with van der Waals surface area (Å²) in [5.41, 5.74) is 3.68. The van der Waals surface area contributed by atoms with Crippen LogP contribution in [0.25, 0.3) is 0 Å². The average Bonchev–Trinajstić information content (AvgIpc) is 2.91. The number of pyridine rings is 1. The number of ketones is 1. The quantitative estimate of drug-likeness (QED) is 0.199. The first kappa shape index (κ1) is 30.5. The molecule has 0 aliphatic carbocycles. The number of aryl methyl sites for hydroxylation is 2. The zero-order chi connectivity index (χ0) is 29.4. The van der Waals surface area contributed by atoms with Crippen LogP contribution in [-0.2, 0) is 9.53 Å². The predicted octanol–water partition coefficient (Wildman–Crippen LogP) is 6.18. The minimum Gasteiger partial charge on any atom is -0.503 e. The Bertz CT molecular complexity index is 1280. The Morgan fingerprint density at radius 3 is 1.93 bits per heavy atom. The molecule has 8 heteroatoms. The lowest BCUT2D eigenvalue weighted by Crippen LogP contribution is -2.28. The van der Waals surface area contributed by atoms with Gasteiger partial charge in [-0.25, -0.2) is 4.98 Å². The first-order valence-electron chi connectivity index (χ1n) is 13.5. The normalized spacial score (nSPS) is 12.5. The third-order valence-electron chi connectivity index (χ3n) is 6.64. The molecule has 0 saturated carbocycles. The number of rotatable bonds is 13. The van der Waals surface area contributed by atoms with Gasteiger partial charge in [0, 0.05) is 29.8 Å². The van der Waals surface area contributed by atoms with Crippen molar-refractivity contribution >= 4 is 11.8 Å². The number of carbonyl (C=O) groups excluding carboxylic acids is 2. The van der Waals surface area contributed by atoms with Gasteiger partial charge in [0.2, 0.25) is 0 Å². The lowest BCUT2D eigenvalue weighted by Gasteiger charge is -2.29. The third kappa shape index (κ3) is 7.11. The van der Waals surface area contributed by atoms with Gasteiger partial charge in [0.05, 0.1) is 32.2 Å².